The Kier molecular flexibility index (Phi) is 4.12. The van der Waals surface area contributed by atoms with Crippen molar-refractivity contribution in [2.24, 2.45) is 11.8 Å². The van der Waals surface area contributed by atoms with Crippen molar-refractivity contribution in [3.63, 3.8) is 0 Å². The molecule has 4 nitrogen and oxygen atoms in total. The van der Waals surface area contributed by atoms with Crippen molar-refractivity contribution < 1.29 is 14.3 Å². The molecule has 1 saturated heterocycles. The van der Waals surface area contributed by atoms with Gasteiger partial charge in [-0.15, -0.1) is 0 Å². The predicted octanol–water partition coefficient (Wildman–Crippen LogP) is 2.15. The van der Waals surface area contributed by atoms with E-state index in [1.54, 1.807) is 0 Å². The largest absolute Gasteiger partial charge is 0.465 e. The summed E-state index contributed by atoms with van der Waals surface area (Å²) in [5.41, 5.74) is 1.82. The third kappa shape index (κ3) is 2.59. The minimum atomic E-state index is -0.285. The molecule has 0 N–H and O–H groups in total. The molecule has 3 rings (SSSR count). The van der Waals surface area contributed by atoms with Crippen LogP contribution in [0.1, 0.15) is 19.4 Å². The van der Waals surface area contributed by atoms with Gasteiger partial charge in [-0.25, -0.2) is 0 Å². The van der Waals surface area contributed by atoms with Gasteiger partial charge in [0.05, 0.1) is 6.61 Å². The quantitative estimate of drug-likeness (QED) is 0.799. The van der Waals surface area contributed by atoms with Crippen LogP contribution >= 0.6 is 0 Å². The summed E-state index contributed by atoms with van der Waals surface area (Å²) in [6, 6.07) is 9.52. The van der Waals surface area contributed by atoms with Crippen LogP contribution in [0.15, 0.2) is 36.4 Å². The smallest absolute Gasteiger partial charge is 0.323 e. The van der Waals surface area contributed by atoms with Crippen LogP contribution in [0.3, 0.4) is 0 Å². The zero-order valence-electron chi connectivity index (χ0n) is 13.0. The number of rotatable bonds is 4. The Morgan fingerprint density at radius 3 is 2.68 bits per heavy atom. The monoisotopic (exact) mass is 299 g/mol. The molecular formula is C18H21NO3. The third-order valence-corrected chi connectivity index (χ3v) is 4.64. The number of likely N-dealkylation sites (tertiary alicyclic amines) is 1. The number of fused-ring (bicyclic) bond motifs is 1. The van der Waals surface area contributed by atoms with Gasteiger partial charge in [-0.3, -0.25) is 14.5 Å². The Bertz CT molecular complexity index is 608. The van der Waals surface area contributed by atoms with Gasteiger partial charge in [0.15, 0.2) is 5.78 Å². The molecule has 4 heteroatoms. The Labute approximate surface area is 130 Å². The molecule has 0 amide bonds. The Hall–Kier alpha value is -1.94. The molecule has 1 fully saturated rings. The number of allylic oxidation sites excluding steroid dienone is 1. The number of nitrogens with zero attached hydrogens (tertiary/aromatic N) is 1. The number of ether oxygens (including phenoxy) is 1. The molecule has 0 spiro atoms. The first-order valence-electron chi connectivity index (χ1n) is 7.84. The highest BCUT2D eigenvalue weighted by Gasteiger charge is 2.44. The minimum absolute atomic E-state index is 0.0212. The van der Waals surface area contributed by atoms with Crippen LogP contribution in [0.25, 0.3) is 5.57 Å². The van der Waals surface area contributed by atoms with Gasteiger partial charge in [-0.1, -0.05) is 36.4 Å². The topological polar surface area (TPSA) is 46.6 Å². The number of carbonyl (C=O) groups is 2. The van der Waals surface area contributed by atoms with Crippen LogP contribution < -0.4 is 0 Å². The van der Waals surface area contributed by atoms with Crippen LogP contribution in [-0.4, -0.2) is 42.4 Å². The van der Waals surface area contributed by atoms with Gasteiger partial charge in [0.25, 0.3) is 0 Å². The van der Waals surface area contributed by atoms with Crippen LogP contribution in [0, 0.1) is 11.8 Å². The van der Waals surface area contributed by atoms with Crippen molar-refractivity contribution in [2.75, 3.05) is 19.7 Å². The molecule has 2 aliphatic rings. The summed E-state index contributed by atoms with van der Waals surface area (Å²) in [6.45, 7) is 5.43. The van der Waals surface area contributed by atoms with Gasteiger partial charge < -0.3 is 4.74 Å². The maximum absolute atomic E-state index is 12.6. The Balaban J connectivity index is 1.73. The van der Waals surface area contributed by atoms with E-state index in [9.17, 15) is 9.59 Å². The SMILES string of the molecule is CCOC(=O)[C@@H](C)N1C[C@@H]2C=C(c3ccccc3)C(=O)[C@@H]2C1. The molecule has 0 unspecified atom stereocenters. The zero-order valence-corrected chi connectivity index (χ0v) is 13.0. The normalized spacial score (nSPS) is 25.7. The molecule has 116 valence electrons. The van der Waals surface area contributed by atoms with Crippen molar-refractivity contribution in [3.8, 4) is 0 Å². The van der Waals surface area contributed by atoms with Crippen LogP contribution in [-0.2, 0) is 14.3 Å². The van der Waals surface area contributed by atoms with Crippen LogP contribution in [0.4, 0.5) is 0 Å². The number of esters is 1. The van der Waals surface area contributed by atoms with E-state index in [2.05, 4.69) is 11.0 Å². The molecule has 0 radical (unpaired) electrons. The molecule has 0 saturated carbocycles. The lowest BCUT2D eigenvalue weighted by Gasteiger charge is -2.22. The molecule has 0 aromatic heterocycles. The molecule has 0 bridgehead atoms. The van der Waals surface area contributed by atoms with Crippen molar-refractivity contribution >= 4 is 17.3 Å². The zero-order chi connectivity index (χ0) is 15.7. The second kappa shape index (κ2) is 6.05. The lowest BCUT2D eigenvalue weighted by molar-refractivity contribution is -0.148. The second-order valence-electron chi connectivity index (χ2n) is 5.96. The average Bonchev–Trinajstić information content (AvgIpc) is 3.07. The number of Topliss-reactive ketones (excluding diaryl/α,β-unsaturated/α-hetero) is 1. The molecule has 1 aromatic carbocycles. The van der Waals surface area contributed by atoms with Crippen LogP contribution in [0.2, 0.25) is 0 Å². The Morgan fingerprint density at radius 1 is 1.32 bits per heavy atom. The van der Waals surface area contributed by atoms with E-state index < -0.39 is 0 Å². The summed E-state index contributed by atoms with van der Waals surface area (Å²) < 4.78 is 5.07. The van der Waals surface area contributed by atoms with E-state index in [1.165, 1.54) is 0 Å². The standard InChI is InChI=1S/C18H21NO3/c1-3-22-18(21)12(2)19-10-14-9-15(17(20)16(14)11-19)13-7-5-4-6-8-13/h4-9,12,14,16H,3,10-11H2,1-2H3/t12-,14+,16-/m1/s1. The summed E-state index contributed by atoms with van der Waals surface area (Å²) in [5.74, 6) is 0.184. The third-order valence-electron chi connectivity index (χ3n) is 4.64. The first-order valence-corrected chi connectivity index (χ1v) is 7.84. The fourth-order valence-corrected chi connectivity index (χ4v) is 3.39. The van der Waals surface area contributed by atoms with Gasteiger partial charge in [0.1, 0.15) is 6.04 Å². The molecule has 1 aromatic rings. The van der Waals surface area contributed by atoms with Gasteiger partial charge in [0.2, 0.25) is 0 Å². The number of hydrogen-bond donors (Lipinski definition) is 0. The predicted molar refractivity (Wildman–Crippen MR) is 84.1 cm³/mol. The number of carbonyl (C=O) groups excluding carboxylic acids is 2. The van der Waals surface area contributed by atoms with E-state index in [-0.39, 0.29) is 29.6 Å². The molecule has 1 aliphatic carbocycles. The maximum atomic E-state index is 12.6. The fourth-order valence-electron chi connectivity index (χ4n) is 3.39. The highest BCUT2D eigenvalue weighted by Crippen LogP contribution is 2.38. The molecule has 1 aliphatic heterocycles. The number of ketones is 1. The molecule has 22 heavy (non-hydrogen) atoms. The van der Waals surface area contributed by atoms with Gasteiger partial charge in [-0.2, -0.15) is 0 Å². The maximum Gasteiger partial charge on any atom is 0.323 e. The Morgan fingerprint density at radius 2 is 2.05 bits per heavy atom. The van der Waals surface area contributed by atoms with Crippen LogP contribution in [0.5, 0.6) is 0 Å². The van der Waals surface area contributed by atoms with Gasteiger partial charge in [0, 0.05) is 30.5 Å². The number of hydrogen-bond acceptors (Lipinski definition) is 4. The van der Waals surface area contributed by atoms with E-state index in [0.717, 1.165) is 17.7 Å². The second-order valence-corrected chi connectivity index (χ2v) is 5.96. The van der Waals surface area contributed by atoms with Crippen molar-refractivity contribution in [1.29, 1.82) is 0 Å². The molecule has 3 atom stereocenters. The summed E-state index contributed by atoms with van der Waals surface area (Å²) in [5, 5.41) is 0. The van der Waals surface area contributed by atoms with Crippen molar-refractivity contribution in [2.45, 2.75) is 19.9 Å². The lowest BCUT2D eigenvalue weighted by Crippen LogP contribution is -2.39. The first kappa shape index (κ1) is 15.0. The number of benzene rings is 1. The summed E-state index contributed by atoms with van der Waals surface area (Å²) >= 11 is 0. The highest BCUT2D eigenvalue weighted by molar-refractivity contribution is 6.24. The van der Waals surface area contributed by atoms with Gasteiger partial charge in [-0.05, 0) is 19.4 Å². The highest BCUT2D eigenvalue weighted by atomic mass is 16.5. The molecule has 1 heterocycles. The van der Waals surface area contributed by atoms with E-state index >= 15 is 0 Å². The summed E-state index contributed by atoms with van der Waals surface area (Å²) in [6.07, 6.45) is 2.08. The van der Waals surface area contributed by atoms with E-state index in [4.69, 9.17) is 4.74 Å². The minimum Gasteiger partial charge on any atom is -0.465 e. The van der Waals surface area contributed by atoms with E-state index in [1.807, 2.05) is 44.2 Å². The fraction of sp³-hybridized carbons (Fsp3) is 0.444. The summed E-state index contributed by atoms with van der Waals surface area (Å²) in [4.78, 5) is 26.6. The van der Waals surface area contributed by atoms with Crippen molar-refractivity contribution in [3.05, 3.63) is 42.0 Å². The first-order chi connectivity index (χ1) is 10.6. The average molecular weight is 299 g/mol. The lowest BCUT2D eigenvalue weighted by atomic mass is 9.97. The van der Waals surface area contributed by atoms with Crippen molar-refractivity contribution in [1.82, 2.24) is 4.90 Å². The molecular weight excluding hydrogens is 278 g/mol. The summed E-state index contributed by atoms with van der Waals surface area (Å²) in [7, 11) is 0. The van der Waals surface area contributed by atoms with Gasteiger partial charge >= 0.3 is 5.97 Å². The van der Waals surface area contributed by atoms with E-state index in [0.29, 0.717) is 13.2 Å².